The van der Waals surface area contributed by atoms with Gasteiger partial charge in [-0.1, -0.05) is 45.5 Å². The Bertz CT molecular complexity index is 1400. The Balaban J connectivity index is 1.49. The monoisotopic (exact) mass is 422 g/mol. The van der Waals surface area contributed by atoms with Crippen LogP contribution in [0.4, 0.5) is 5.69 Å². The van der Waals surface area contributed by atoms with E-state index in [2.05, 4.69) is 88.1 Å². The van der Waals surface area contributed by atoms with E-state index in [0.717, 1.165) is 56.6 Å². The zero-order valence-electron chi connectivity index (χ0n) is 18.5. The number of hydrogen-bond acceptors (Lipinski definition) is 4. The van der Waals surface area contributed by atoms with E-state index >= 15 is 0 Å². The van der Waals surface area contributed by atoms with Gasteiger partial charge in [0.15, 0.2) is 5.65 Å². The second-order valence-corrected chi connectivity index (χ2v) is 9.39. The lowest BCUT2D eigenvalue weighted by atomic mass is 9.91. The van der Waals surface area contributed by atoms with Gasteiger partial charge >= 0.3 is 0 Å². The number of fused-ring (bicyclic) bond motifs is 2. The number of hydrogen-bond donors (Lipinski definition) is 3. The second-order valence-electron chi connectivity index (χ2n) is 9.39. The minimum Gasteiger partial charge on any atom is -0.358 e. The molecule has 32 heavy (non-hydrogen) atoms. The smallest absolute Gasteiger partial charge is 0.181 e. The minimum atomic E-state index is 0.171. The first-order chi connectivity index (χ1) is 15.4. The van der Waals surface area contributed by atoms with Gasteiger partial charge in [-0.05, 0) is 36.1 Å². The van der Waals surface area contributed by atoms with Crippen LogP contribution in [0.3, 0.4) is 0 Å². The number of anilines is 1. The van der Waals surface area contributed by atoms with Gasteiger partial charge in [0.2, 0.25) is 0 Å². The zero-order chi connectivity index (χ0) is 22.3. The molecule has 0 spiro atoms. The highest BCUT2D eigenvalue weighted by Crippen LogP contribution is 2.31. The van der Waals surface area contributed by atoms with Crippen LogP contribution in [-0.2, 0) is 0 Å². The van der Waals surface area contributed by atoms with E-state index in [-0.39, 0.29) is 5.41 Å². The molecule has 0 bridgehead atoms. The molecule has 4 aromatic heterocycles. The number of rotatable bonds is 5. The molecule has 1 aromatic carbocycles. The molecular formula is C26H26N6. The Labute approximate surface area is 186 Å². The summed E-state index contributed by atoms with van der Waals surface area (Å²) in [6.07, 6.45) is 6.39. The average molecular weight is 423 g/mol. The Hall–Kier alpha value is -3.93. The first-order valence-electron chi connectivity index (χ1n) is 10.7. The highest BCUT2D eigenvalue weighted by Gasteiger charge is 2.14. The van der Waals surface area contributed by atoms with Gasteiger partial charge in [0.1, 0.15) is 0 Å². The molecule has 0 saturated heterocycles. The largest absolute Gasteiger partial charge is 0.358 e. The third-order valence-electron chi connectivity index (χ3n) is 5.35. The maximum Gasteiger partial charge on any atom is 0.181 e. The Morgan fingerprint density at radius 3 is 2.66 bits per heavy atom. The fraction of sp³-hybridized carbons (Fsp3) is 0.192. The maximum absolute atomic E-state index is 4.57. The van der Waals surface area contributed by atoms with Crippen LogP contribution in [0, 0.1) is 5.41 Å². The normalized spacial score (nSPS) is 11.8. The molecule has 5 rings (SSSR count). The van der Waals surface area contributed by atoms with Crippen molar-refractivity contribution in [1.29, 1.82) is 0 Å². The van der Waals surface area contributed by atoms with Crippen molar-refractivity contribution in [3.8, 4) is 22.5 Å². The molecule has 0 aliphatic carbocycles. The predicted molar refractivity (Wildman–Crippen MR) is 131 cm³/mol. The number of aromatic nitrogens is 5. The van der Waals surface area contributed by atoms with Gasteiger partial charge in [-0.2, -0.15) is 5.10 Å². The molecule has 0 fully saturated rings. The van der Waals surface area contributed by atoms with Crippen molar-refractivity contribution in [2.45, 2.75) is 27.2 Å². The predicted octanol–water partition coefficient (Wildman–Crippen LogP) is 6.53. The molecule has 3 N–H and O–H groups in total. The Kier molecular flexibility index (Phi) is 4.78. The van der Waals surface area contributed by atoms with Gasteiger partial charge in [0.25, 0.3) is 0 Å². The number of pyridine rings is 2. The van der Waals surface area contributed by atoms with E-state index in [0.29, 0.717) is 5.65 Å². The van der Waals surface area contributed by atoms with E-state index in [1.54, 1.807) is 0 Å². The van der Waals surface area contributed by atoms with Crippen molar-refractivity contribution in [3.63, 3.8) is 0 Å². The summed E-state index contributed by atoms with van der Waals surface area (Å²) in [7, 11) is 0. The molecule has 0 radical (unpaired) electrons. The molecule has 0 amide bonds. The second kappa shape index (κ2) is 7.64. The molecule has 4 heterocycles. The molecule has 0 atom stereocenters. The van der Waals surface area contributed by atoms with Crippen LogP contribution < -0.4 is 5.32 Å². The molecule has 6 heteroatoms. The van der Waals surface area contributed by atoms with Gasteiger partial charge in [-0.15, -0.1) is 0 Å². The van der Waals surface area contributed by atoms with Crippen LogP contribution in [0.2, 0.25) is 0 Å². The van der Waals surface area contributed by atoms with Gasteiger partial charge in [-0.3, -0.25) is 10.1 Å². The zero-order valence-corrected chi connectivity index (χ0v) is 18.5. The third-order valence-corrected chi connectivity index (χ3v) is 5.35. The van der Waals surface area contributed by atoms with Crippen molar-refractivity contribution < 1.29 is 0 Å². The van der Waals surface area contributed by atoms with Crippen molar-refractivity contribution >= 4 is 27.6 Å². The van der Waals surface area contributed by atoms with E-state index in [1.807, 2.05) is 30.7 Å². The molecular weight excluding hydrogens is 396 g/mol. The number of nitrogens with one attached hydrogen (secondary N) is 3. The Morgan fingerprint density at radius 1 is 1.03 bits per heavy atom. The van der Waals surface area contributed by atoms with Crippen molar-refractivity contribution in [1.82, 2.24) is 25.1 Å². The quantitative estimate of drug-likeness (QED) is 0.301. The van der Waals surface area contributed by atoms with Crippen molar-refractivity contribution in [3.05, 3.63) is 73.3 Å². The summed E-state index contributed by atoms with van der Waals surface area (Å²) in [6, 6.07) is 14.5. The molecule has 160 valence electrons. The van der Waals surface area contributed by atoms with Crippen LogP contribution in [-0.4, -0.2) is 25.1 Å². The lowest BCUT2D eigenvalue weighted by Gasteiger charge is -2.20. The molecule has 0 saturated carbocycles. The fourth-order valence-electron chi connectivity index (χ4n) is 4.03. The van der Waals surface area contributed by atoms with Crippen molar-refractivity contribution in [2.75, 3.05) is 5.32 Å². The van der Waals surface area contributed by atoms with Gasteiger partial charge in [-0.25, -0.2) is 4.98 Å². The first-order valence-corrected chi connectivity index (χ1v) is 10.7. The van der Waals surface area contributed by atoms with Gasteiger partial charge in [0.05, 0.1) is 23.3 Å². The number of para-hydroxylation sites is 1. The summed E-state index contributed by atoms with van der Waals surface area (Å²) < 4.78 is 0. The lowest BCUT2D eigenvalue weighted by molar-refractivity contribution is 0.411. The van der Waals surface area contributed by atoms with E-state index in [1.165, 1.54) is 0 Å². The highest BCUT2D eigenvalue weighted by atomic mass is 15.2. The molecule has 6 nitrogen and oxygen atoms in total. The summed E-state index contributed by atoms with van der Waals surface area (Å²) in [5.74, 6) is 0. The van der Waals surface area contributed by atoms with Gasteiger partial charge < -0.3 is 10.3 Å². The van der Waals surface area contributed by atoms with Crippen molar-refractivity contribution in [2.24, 2.45) is 5.41 Å². The van der Waals surface area contributed by atoms with Gasteiger partial charge in [0, 0.05) is 45.5 Å². The fourth-order valence-corrected chi connectivity index (χ4v) is 4.03. The maximum atomic E-state index is 4.57. The van der Waals surface area contributed by atoms with Crippen LogP contribution in [0.25, 0.3) is 44.5 Å². The molecule has 0 unspecified atom stereocenters. The topological polar surface area (TPSA) is 82.3 Å². The van der Waals surface area contributed by atoms with Crippen LogP contribution in [0.15, 0.2) is 73.3 Å². The van der Waals surface area contributed by atoms with E-state index in [4.69, 9.17) is 0 Å². The molecule has 0 aliphatic heterocycles. The Morgan fingerprint density at radius 2 is 1.84 bits per heavy atom. The number of allylic oxidation sites excluding steroid dienone is 1. The minimum absolute atomic E-state index is 0.171. The molecule has 5 aromatic rings. The number of aromatic amines is 2. The summed E-state index contributed by atoms with van der Waals surface area (Å²) in [4.78, 5) is 12.5. The third kappa shape index (κ3) is 3.99. The number of nitrogens with zero attached hydrogens (tertiary/aromatic N) is 3. The molecule has 0 aliphatic rings. The van der Waals surface area contributed by atoms with Crippen LogP contribution in [0.5, 0.6) is 0 Å². The van der Waals surface area contributed by atoms with E-state index in [9.17, 15) is 0 Å². The number of H-pyrrole nitrogens is 2. The summed E-state index contributed by atoms with van der Waals surface area (Å²) in [6.45, 7) is 10.8. The summed E-state index contributed by atoms with van der Waals surface area (Å²) in [5.41, 5.74) is 7.71. The van der Waals surface area contributed by atoms with Crippen LogP contribution in [0.1, 0.15) is 27.2 Å². The first kappa shape index (κ1) is 20.0. The SMILES string of the molecule is C=C(CC(C)(C)C)Nc1cncc(-c2cnc3n[nH]c(-c4cc5ccccc5[nH]4)c3c2)c1. The standard InChI is InChI=1S/C26H26N6/c1-16(12-26(2,3)4)29-20-9-18(13-27-15-20)19-10-21-24(31-32-25(21)28-14-19)23-11-17-7-5-6-8-22(17)30-23/h5-11,13-15,29-30H,1,12H2,2-4H3,(H,28,31,32). The highest BCUT2D eigenvalue weighted by molar-refractivity contribution is 5.96. The van der Waals surface area contributed by atoms with E-state index < -0.39 is 0 Å². The average Bonchev–Trinajstić information content (AvgIpc) is 3.35. The summed E-state index contributed by atoms with van der Waals surface area (Å²) in [5, 5.41) is 13.1. The lowest BCUT2D eigenvalue weighted by Crippen LogP contribution is -2.10. The number of benzene rings is 1. The van der Waals surface area contributed by atoms with Crippen LogP contribution >= 0.6 is 0 Å². The summed E-state index contributed by atoms with van der Waals surface area (Å²) >= 11 is 0.